The molecule has 0 saturated carbocycles. The summed E-state index contributed by atoms with van der Waals surface area (Å²) in [4.78, 5) is 22.4. The fourth-order valence-electron chi connectivity index (χ4n) is 2.51. The van der Waals surface area contributed by atoms with Gasteiger partial charge in [0.1, 0.15) is 11.6 Å². The zero-order valence-electron chi connectivity index (χ0n) is 11.2. The minimum absolute atomic E-state index is 0.102. The number of carbonyl (C=O) groups is 1. The van der Waals surface area contributed by atoms with Crippen LogP contribution in [-0.2, 0) is 4.79 Å². The Morgan fingerprint density at radius 1 is 1.44 bits per heavy atom. The molecule has 0 bridgehead atoms. The SMILES string of the molecule is CNc1cc(C2CCCCN2C(C)=O)nc(C)n1. The highest BCUT2D eigenvalue weighted by Crippen LogP contribution is 2.30. The van der Waals surface area contributed by atoms with Gasteiger partial charge in [-0.3, -0.25) is 4.79 Å². The average Bonchev–Trinajstić information content (AvgIpc) is 2.38. The Hall–Kier alpha value is -1.65. The second-order valence-corrected chi connectivity index (χ2v) is 4.70. The van der Waals surface area contributed by atoms with Crippen molar-refractivity contribution in [2.75, 3.05) is 18.9 Å². The van der Waals surface area contributed by atoms with Gasteiger partial charge in [-0.2, -0.15) is 0 Å². The van der Waals surface area contributed by atoms with Crippen molar-refractivity contribution in [3.8, 4) is 0 Å². The summed E-state index contributed by atoms with van der Waals surface area (Å²) in [5, 5.41) is 3.04. The summed E-state index contributed by atoms with van der Waals surface area (Å²) < 4.78 is 0. The standard InChI is InChI=1S/C13H20N4O/c1-9-15-11(8-13(14-3)16-9)12-6-4-5-7-17(12)10(2)18/h8,12H,4-7H2,1-3H3,(H,14,15,16). The van der Waals surface area contributed by atoms with Crippen molar-refractivity contribution in [2.24, 2.45) is 0 Å². The Morgan fingerprint density at radius 3 is 2.89 bits per heavy atom. The van der Waals surface area contributed by atoms with Gasteiger partial charge in [0.05, 0.1) is 11.7 Å². The molecular formula is C13H20N4O. The van der Waals surface area contributed by atoms with Gasteiger partial charge in [-0.15, -0.1) is 0 Å². The van der Waals surface area contributed by atoms with Crippen molar-refractivity contribution in [1.82, 2.24) is 14.9 Å². The maximum atomic E-state index is 11.7. The van der Waals surface area contributed by atoms with Crippen LogP contribution in [0.15, 0.2) is 6.07 Å². The lowest BCUT2D eigenvalue weighted by atomic mass is 9.99. The predicted molar refractivity (Wildman–Crippen MR) is 70.3 cm³/mol. The third-order valence-electron chi connectivity index (χ3n) is 3.36. The van der Waals surface area contributed by atoms with Gasteiger partial charge in [-0.05, 0) is 26.2 Å². The molecular weight excluding hydrogens is 228 g/mol. The molecule has 1 aliphatic heterocycles. The van der Waals surface area contributed by atoms with Gasteiger partial charge < -0.3 is 10.2 Å². The third-order valence-corrected chi connectivity index (χ3v) is 3.36. The van der Waals surface area contributed by atoms with Gasteiger partial charge in [0, 0.05) is 26.6 Å². The van der Waals surface area contributed by atoms with E-state index in [1.807, 2.05) is 24.9 Å². The van der Waals surface area contributed by atoms with Crippen molar-refractivity contribution in [3.63, 3.8) is 0 Å². The van der Waals surface area contributed by atoms with E-state index >= 15 is 0 Å². The number of hydrogen-bond acceptors (Lipinski definition) is 4. The van der Waals surface area contributed by atoms with E-state index in [1.54, 1.807) is 6.92 Å². The van der Waals surface area contributed by atoms with Gasteiger partial charge >= 0.3 is 0 Å². The molecule has 98 valence electrons. The summed E-state index contributed by atoms with van der Waals surface area (Å²) in [5.74, 6) is 1.68. The molecule has 0 radical (unpaired) electrons. The van der Waals surface area contributed by atoms with Crippen LogP contribution in [0.5, 0.6) is 0 Å². The van der Waals surface area contributed by atoms with Crippen LogP contribution < -0.4 is 5.32 Å². The number of carbonyl (C=O) groups excluding carboxylic acids is 1. The van der Waals surface area contributed by atoms with Gasteiger partial charge in [0.2, 0.25) is 5.91 Å². The molecule has 1 amide bonds. The fraction of sp³-hybridized carbons (Fsp3) is 0.615. The molecule has 1 fully saturated rings. The second-order valence-electron chi connectivity index (χ2n) is 4.70. The number of aromatic nitrogens is 2. The number of likely N-dealkylation sites (tertiary alicyclic amines) is 1. The summed E-state index contributed by atoms with van der Waals surface area (Å²) in [5.41, 5.74) is 0.946. The number of amides is 1. The van der Waals surface area contributed by atoms with Gasteiger partial charge in [-0.1, -0.05) is 0 Å². The summed E-state index contributed by atoms with van der Waals surface area (Å²) in [6.45, 7) is 4.34. The van der Waals surface area contributed by atoms with Crippen molar-refractivity contribution in [3.05, 3.63) is 17.6 Å². The lowest BCUT2D eigenvalue weighted by molar-refractivity contribution is -0.132. The summed E-state index contributed by atoms with van der Waals surface area (Å²) in [6.07, 6.45) is 3.21. The van der Waals surface area contributed by atoms with Crippen molar-refractivity contribution < 1.29 is 4.79 Å². The molecule has 0 spiro atoms. The first kappa shape index (κ1) is 12.8. The number of nitrogens with one attached hydrogen (secondary N) is 1. The van der Waals surface area contributed by atoms with Crippen LogP contribution in [0, 0.1) is 6.92 Å². The van der Waals surface area contributed by atoms with Gasteiger partial charge in [-0.25, -0.2) is 9.97 Å². The fourth-order valence-corrected chi connectivity index (χ4v) is 2.51. The first-order valence-electron chi connectivity index (χ1n) is 6.42. The monoisotopic (exact) mass is 248 g/mol. The van der Waals surface area contributed by atoms with Crippen LogP contribution in [0.3, 0.4) is 0 Å². The highest BCUT2D eigenvalue weighted by molar-refractivity contribution is 5.73. The smallest absolute Gasteiger partial charge is 0.220 e. The van der Waals surface area contributed by atoms with E-state index in [0.29, 0.717) is 0 Å². The Morgan fingerprint density at radius 2 is 2.22 bits per heavy atom. The number of anilines is 1. The topological polar surface area (TPSA) is 58.1 Å². The highest BCUT2D eigenvalue weighted by Gasteiger charge is 2.27. The van der Waals surface area contributed by atoms with Gasteiger partial charge in [0.25, 0.3) is 0 Å². The number of rotatable bonds is 2. The first-order valence-corrected chi connectivity index (χ1v) is 6.42. The first-order chi connectivity index (χ1) is 8.61. The molecule has 5 heteroatoms. The molecule has 2 heterocycles. The minimum atomic E-state index is 0.102. The van der Waals surface area contributed by atoms with Crippen LogP contribution in [0.1, 0.15) is 43.7 Å². The van der Waals surface area contributed by atoms with E-state index < -0.39 is 0 Å². The Kier molecular flexibility index (Phi) is 3.79. The highest BCUT2D eigenvalue weighted by atomic mass is 16.2. The maximum absolute atomic E-state index is 11.7. The van der Waals surface area contributed by atoms with Crippen LogP contribution in [0.25, 0.3) is 0 Å². The predicted octanol–water partition coefficient (Wildman–Crippen LogP) is 1.90. The molecule has 18 heavy (non-hydrogen) atoms. The van der Waals surface area contributed by atoms with E-state index in [0.717, 1.165) is 43.1 Å². The number of hydrogen-bond donors (Lipinski definition) is 1. The molecule has 1 N–H and O–H groups in total. The zero-order chi connectivity index (χ0) is 13.1. The molecule has 5 nitrogen and oxygen atoms in total. The minimum Gasteiger partial charge on any atom is -0.373 e. The van der Waals surface area contributed by atoms with Gasteiger partial charge in [0.15, 0.2) is 0 Å². The number of nitrogens with zero attached hydrogens (tertiary/aromatic N) is 3. The Balaban J connectivity index is 2.33. The molecule has 0 aromatic carbocycles. The number of piperidine rings is 1. The molecule has 1 saturated heterocycles. The Bertz CT molecular complexity index is 447. The quantitative estimate of drug-likeness (QED) is 0.868. The number of aryl methyl sites for hydroxylation is 1. The molecule has 1 atom stereocenters. The van der Waals surface area contributed by atoms with E-state index in [2.05, 4.69) is 15.3 Å². The van der Waals surface area contributed by atoms with Crippen LogP contribution in [-0.4, -0.2) is 34.4 Å². The third kappa shape index (κ3) is 2.60. The summed E-state index contributed by atoms with van der Waals surface area (Å²) in [6, 6.07) is 2.05. The lowest BCUT2D eigenvalue weighted by Crippen LogP contribution is -2.37. The lowest BCUT2D eigenvalue weighted by Gasteiger charge is -2.34. The van der Waals surface area contributed by atoms with Crippen LogP contribution in [0.2, 0.25) is 0 Å². The van der Waals surface area contributed by atoms with Crippen molar-refractivity contribution in [2.45, 2.75) is 39.2 Å². The van der Waals surface area contributed by atoms with E-state index in [-0.39, 0.29) is 11.9 Å². The van der Waals surface area contributed by atoms with Crippen LogP contribution >= 0.6 is 0 Å². The molecule has 2 rings (SSSR count). The normalized spacial score (nSPS) is 19.7. The Labute approximate surface area is 108 Å². The molecule has 1 aromatic rings. The average molecular weight is 248 g/mol. The summed E-state index contributed by atoms with van der Waals surface area (Å²) >= 11 is 0. The van der Waals surface area contributed by atoms with Crippen molar-refractivity contribution in [1.29, 1.82) is 0 Å². The molecule has 1 aromatic heterocycles. The van der Waals surface area contributed by atoms with E-state index in [1.165, 1.54) is 0 Å². The van der Waals surface area contributed by atoms with E-state index in [4.69, 9.17) is 0 Å². The molecule has 1 aliphatic rings. The van der Waals surface area contributed by atoms with Crippen molar-refractivity contribution >= 4 is 11.7 Å². The molecule has 0 aliphatic carbocycles. The largest absolute Gasteiger partial charge is 0.373 e. The van der Waals surface area contributed by atoms with E-state index in [9.17, 15) is 4.79 Å². The summed E-state index contributed by atoms with van der Waals surface area (Å²) in [7, 11) is 1.84. The molecule has 1 unspecified atom stereocenters. The van der Waals surface area contributed by atoms with Crippen LogP contribution in [0.4, 0.5) is 5.82 Å². The zero-order valence-corrected chi connectivity index (χ0v) is 11.2. The second kappa shape index (κ2) is 5.33. The maximum Gasteiger partial charge on any atom is 0.220 e.